The van der Waals surface area contributed by atoms with Crippen LogP contribution in [-0.4, -0.2) is 40.6 Å². The van der Waals surface area contributed by atoms with Gasteiger partial charge in [0.15, 0.2) is 0 Å². The van der Waals surface area contributed by atoms with Crippen LogP contribution < -0.4 is 10.1 Å². The van der Waals surface area contributed by atoms with Crippen molar-refractivity contribution in [2.45, 2.75) is 37.2 Å². The van der Waals surface area contributed by atoms with Gasteiger partial charge in [-0.15, -0.1) is 17.0 Å². The van der Waals surface area contributed by atoms with Crippen molar-refractivity contribution < 1.29 is 9.84 Å². The third-order valence-electron chi connectivity index (χ3n) is 2.77. The van der Waals surface area contributed by atoms with Gasteiger partial charge in [0.1, 0.15) is 18.5 Å². The van der Waals surface area contributed by atoms with E-state index in [1.54, 1.807) is 0 Å². The molecule has 1 aromatic carbocycles. The summed E-state index contributed by atoms with van der Waals surface area (Å²) in [5.41, 5.74) is 1.15. The third-order valence-corrected chi connectivity index (χ3v) is 5.07. The van der Waals surface area contributed by atoms with E-state index in [9.17, 15) is 5.11 Å². The highest BCUT2D eigenvalue weighted by molar-refractivity contribution is 9.12. The summed E-state index contributed by atoms with van der Waals surface area (Å²) in [4.78, 5) is 0.375. The Morgan fingerprint density at radius 3 is 2.57 bits per heavy atom. The SMILES string of the molecule is Br.CC(C)NCC(O)COc1ccccc1CC(Br)CBr. The Balaban J connectivity index is 0.00000400. The summed E-state index contributed by atoms with van der Waals surface area (Å²) in [7, 11) is 0. The zero-order chi connectivity index (χ0) is 15.0. The largest absolute Gasteiger partial charge is 0.491 e. The van der Waals surface area contributed by atoms with Crippen molar-refractivity contribution in [1.82, 2.24) is 5.32 Å². The van der Waals surface area contributed by atoms with Crippen LogP contribution in [0.2, 0.25) is 0 Å². The average molecular weight is 490 g/mol. The number of hydrogen-bond donors (Lipinski definition) is 2. The van der Waals surface area contributed by atoms with Gasteiger partial charge in [-0.05, 0) is 18.1 Å². The summed E-state index contributed by atoms with van der Waals surface area (Å²) in [5, 5.41) is 14.0. The topological polar surface area (TPSA) is 41.5 Å². The van der Waals surface area contributed by atoms with Crippen LogP contribution in [0.15, 0.2) is 24.3 Å². The molecular formula is C15H24Br3NO2. The Kier molecular flexibility index (Phi) is 12.1. The molecule has 2 atom stereocenters. The molecule has 6 heteroatoms. The quantitative estimate of drug-likeness (QED) is 0.520. The number of halogens is 3. The highest BCUT2D eigenvalue weighted by Gasteiger charge is 2.11. The van der Waals surface area contributed by atoms with E-state index in [-0.39, 0.29) is 17.0 Å². The first-order chi connectivity index (χ1) is 9.52. The zero-order valence-electron chi connectivity index (χ0n) is 12.4. The lowest BCUT2D eigenvalue weighted by Gasteiger charge is -2.17. The first-order valence-corrected chi connectivity index (χ1v) is 8.88. The maximum atomic E-state index is 9.87. The fraction of sp³-hybridized carbons (Fsp3) is 0.600. The molecule has 1 rings (SSSR count). The molecule has 0 aliphatic rings. The standard InChI is InChI=1S/C15H23Br2NO2.BrH/c1-11(2)18-9-14(19)10-20-15-6-4-3-5-12(15)7-13(17)8-16;/h3-6,11,13-14,18-19H,7-10H2,1-2H3;1H. The molecule has 21 heavy (non-hydrogen) atoms. The molecule has 1 aromatic rings. The first kappa shape index (κ1) is 21.4. The van der Waals surface area contributed by atoms with E-state index in [1.807, 2.05) is 18.2 Å². The van der Waals surface area contributed by atoms with Crippen molar-refractivity contribution in [2.24, 2.45) is 0 Å². The van der Waals surface area contributed by atoms with Gasteiger partial charge in [-0.25, -0.2) is 0 Å². The molecule has 2 unspecified atom stereocenters. The monoisotopic (exact) mass is 487 g/mol. The van der Waals surface area contributed by atoms with Crippen molar-refractivity contribution in [2.75, 3.05) is 18.5 Å². The van der Waals surface area contributed by atoms with Crippen molar-refractivity contribution in [3.8, 4) is 5.75 Å². The Hall–Kier alpha value is 0.380. The minimum atomic E-state index is -0.499. The van der Waals surface area contributed by atoms with E-state index in [1.165, 1.54) is 0 Å². The second-order valence-electron chi connectivity index (χ2n) is 5.09. The predicted molar refractivity (Wildman–Crippen MR) is 102 cm³/mol. The van der Waals surface area contributed by atoms with Gasteiger partial charge in [-0.2, -0.15) is 0 Å². The second-order valence-corrected chi connectivity index (χ2v) is 7.03. The van der Waals surface area contributed by atoms with Gasteiger partial charge in [-0.3, -0.25) is 0 Å². The highest BCUT2D eigenvalue weighted by Crippen LogP contribution is 2.22. The van der Waals surface area contributed by atoms with E-state index >= 15 is 0 Å². The lowest BCUT2D eigenvalue weighted by Crippen LogP contribution is -2.35. The number of nitrogens with one attached hydrogen (secondary N) is 1. The smallest absolute Gasteiger partial charge is 0.122 e. The Morgan fingerprint density at radius 2 is 1.95 bits per heavy atom. The van der Waals surface area contributed by atoms with E-state index < -0.39 is 6.10 Å². The van der Waals surface area contributed by atoms with E-state index in [2.05, 4.69) is 57.1 Å². The van der Waals surface area contributed by atoms with Crippen molar-refractivity contribution >= 4 is 48.8 Å². The van der Waals surface area contributed by atoms with Crippen molar-refractivity contribution in [3.05, 3.63) is 29.8 Å². The molecule has 0 aromatic heterocycles. The van der Waals surface area contributed by atoms with Crippen LogP contribution in [0.25, 0.3) is 0 Å². The minimum Gasteiger partial charge on any atom is -0.491 e. The number of para-hydroxylation sites is 1. The van der Waals surface area contributed by atoms with Crippen LogP contribution in [0, 0.1) is 0 Å². The van der Waals surface area contributed by atoms with Crippen LogP contribution in [-0.2, 0) is 6.42 Å². The summed E-state index contributed by atoms with van der Waals surface area (Å²) >= 11 is 7.06. The summed E-state index contributed by atoms with van der Waals surface area (Å²) in [5.74, 6) is 0.849. The molecule has 0 radical (unpaired) electrons. The number of rotatable bonds is 9. The molecule has 0 fully saturated rings. The van der Waals surface area contributed by atoms with Gasteiger partial charge in [0.25, 0.3) is 0 Å². The van der Waals surface area contributed by atoms with Gasteiger partial charge >= 0.3 is 0 Å². The second kappa shape index (κ2) is 11.9. The van der Waals surface area contributed by atoms with Crippen LogP contribution in [0.5, 0.6) is 5.75 Å². The van der Waals surface area contributed by atoms with Gasteiger partial charge in [-0.1, -0.05) is 63.9 Å². The molecular weight excluding hydrogens is 466 g/mol. The summed E-state index contributed by atoms with van der Waals surface area (Å²) in [6.45, 7) is 4.96. The summed E-state index contributed by atoms with van der Waals surface area (Å²) in [6, 6.07) is 8.34. The van der Waals surface area contributed by atoms with Crippen molar-refractivity contribution in [1.29, 1.82) is 0 Å². The third kappa shape index (κ3) is 9.18. The first-order valence-electron chi connectivity index (χ1n) is 6.85. The van der Waals surface area contributed by atoms with E-state index in [0.29, 0.717) is 24.0 Å². The fourth-order valence-corrected chi connectivity index (χ4v) is 2.30. The Bertz CT molecular complexity index is 391. The number of alkyl halides is 2. The highest BCUT2D eigenvalue weighted by atomic mass is 79.9. The lowest BCUT2D eigenvalue weighted by molar-refractivity contribution is 0.104. The summed E-state index contributed by atoms with van der Waals surface area (Å²) in [6.07, 6.45) is 0.392. The Labute approximate surface area is 154 Å². The maximum Gasteiger partial charge on any atom is 0.122 e. The molecule has 0 saturated heterocycles. The number of hydrogen-bond acceptors (Lipinski definition) is 3. The van der Waals surface area contributed by atoms with Crippen LogP contribution >= 0.6 is 48.8 Å². The van der Waals surface area contributed by atoms with Gasteiger partial charge in [0, 0.05) is 22.7 Å². The molecule has 0 amide bonds. The lowest BCUT2D eigenvalue weighted by atomic mass is 10.1. The molecule has 0 bridgehead atoms. The average Bonchev–Trinajstić information content (AvgIpc) is 2.44. The van der Waals surface area contributed by atoms with Gasteiger partial charge in [0.05, 0.1) is 0 Å². The van der Waals surface area contributed by atoms with Gasteiger partial charge < -0.3 is 15.2 Å². The van der Waals surface area contributed by atoms with Crippen LogP contribution in [0.3, 0.4) is 0 Å². The minimum absolute atomic E-state index is 0. The van der Waals surface area contributed by atoms with Crippen LogP contribution in [0.1, 0.15) is 19.4 Å². The maximum absolute atomic E-state index is 9.87. The van der Waals surface area contributed by atoms with Crippen molar-refractivity contribution in [3.63, 3.8) is 0 Å². The molecule has 0 spiro atoms. The number of aliphatic hydroxyl groups excluding tert-OH is 1. The normalized spacial score (nSPS) is 13.6. The van der Waals surface area contributed by atoms with E-state index in [4.69, 9.17) is 4.74 Å². The molecule has 122 valence electrons. The molecule has 0 heterocycles. The van der Waals surface area contributed by atoms with Crippen LogP contribution in [0.4, 0.5) is 0 Å². The Morgan fingerprint density at radius 1 is 1.29 bits per heavy atom. The number of aliphatic hydroxyl groups is 1. The summed E-state index contributed by atoms with van der Waals surface area (Å²) < 4.78 is 5.75. The zero-order valence-corrected chi connectivity index (χ0v) is 17.3. The number of benzene rings is 1. The molecule has 0 saturated carbocycles. The molecule has 2 N–H and O–H groups in total. The molecule has 3 nitrogen and oxygen atoms in total. The predicted octanol–water partition coefficient (Wildman–Crippen LogP) is 3.70. The van der Waals surface area contributed by atoms with E-state index in [0.717, 1.165) is 23.1 Å². The fourth-order valence-electron chi connectivity index (χ4n) is 1.72. The van der Waals surface area contributed by atoms with Gasteiger partial charge in [0.2, 0.25) is 0 Å². The number of ether oxygens (including phenoxy) is 1. The molecule has 0 aliphatic heterocycles. The molecule has 0 aliphatic carbocycles.